The maximum Gasteiger partial charge on any atom is 0.307 e. The molecule has 0 aliphatic heterocycles. The fourth-order valence-electron chi connectivity index (χ4n) is 1.90. The van der Waals surface area contributed by atoms with E-state index in [1.807, 2.05) is 25.8 Å². The summed E-state index contributed by atoms with van der Waals surface area (Å²) >= 11 is 0. The number of nitrogens with zero attached hydrogens (tertiary/aromatic N) is 2. The number of aliphatic carboxylic acids is 1. The third kappa shape index (κ3) is 6.89. The van der Waals surface area contributed by atoms with Crippen molar-refractivity contribution in [3.8, 4) is 0 Å². The number of carbonyl (C=O) groups excluding carboxylic acids is 1. The van der Waals surface area contributed by atoms with E-state index >= 15 is 0 Å². The normalized spacial score (nSPS) is 14.1. The summed E-state index contributed by atoms with van der Waals surface area (Å²) in [7, 11) is 1.81. The summed E-state index contributed by atoms with van der Waals surface area (Å²) in [6.45, 7) is 9.34. The average molecular weight is 286 g/mol. The zero-order chi connectivity index (χ0) is 15.7. The number of carboxylic acid groups (broad SMARTS) is 1. The third-order valence-corrected chi connectivity index (χ3v) is 3.76. The van der Waals surface area contributed by atoms with Gasteiger partial charge in [-0.3, -0.25) is 14.5 Å². The lowest BCUT2D eigenvalue weighted by atomic mass is 10.1. The number of carbonyl (C=O) groups is 2. The fraction of sp³-hybridized carbons (Fsp3) is 0.867. The molecule has 0 aliphatic rings. The molecule has 1 N–H and O–H groups in total. The highest BCUT2D eigenvalue weighted by Gasteiger charge is 2.22. The van der Waals surface area contributed by atoms with Gasteiger partial charge < -0.3 is 10.0 Å². The predicted octanol–water partition coefficient (Wildman–Crippen LogP) is 2.07. The van der Waals surface area contributed by atoms with Crippen LogP contribution in [-0.4, -0.2) is 59.5 Å². The van der Waals surface area contributed by atoms with E-state index in [-0.39, 0.29) is 11.9 Å². The van der Waals surface area contributed by atoms with Crippen molar-refractivity contribution in [3.05, 3.63) is 0 Å². The lowest BCUT2D eigenvalue weighted by molar-refractivity contribution is -0.143. The molecule has 0 bridgehead atoms. The van der Waals surface area contributed by atoms with Crippen LogP contribution < -0.4 is 0 Å². The van der Waals surface area contributed by atoms with E-state index in [1.165, 1.54) is 0 Å². The third-order valence-electron chi connectivity index (χ3n) is 3.76. The molecule has 1 amide bonds. The van der Waals surface area contributed by atoms with Gasteiger partial charge >= 0.3 is 5.97 Å². The van der Waals surface area contributed by atoms with E-state index < -0.39 is 11.9 Å². The van der Waals surface area contributed by atoms with Gasteiger partial charge in [-0.1, -0.05) is 27.2 Å². The Morgan fingerprint density at radius 2 is 1.80 bits per heavy atom. The summed E-state index contributed by atoms with van der Waals surface area (Å²) in [5, 5.41) is 9.02. The Hall–Kier alpha value is -1.10. The zero-order valence-corrected chi connectivity index (χ0v) is 13.6. The summed E-state index contributed by atoms with van der Waals surface area (Å²) < 4.78 is 0. The summed E-state index contributed by atoms with van der Waals surface area (Å²) in [6, 6.07) is 0.209. The van der Waals surface area contributed by atoms with Crippen LogP contribution in [0, 0.1) is 5.92 Å². The van der Waals surface area contributed by atoms with Crippen LogP contribution in [0.5, 0.6) is 0 Å². The second-order valence-corrected chi connectivity index (χ2v) is 5.59. The molecule has 0 saturated carbocycles. The van der Waals surface area contributed by atoms with Crippen LogP contribution >= 0.6 is 0 Å². The Kier molecular flexibility index (Phi) is 9.21. The maximum atomic E-state index is 12.2. The van der Waals surface area contributed by atoms with Crippen LogP contribution in [0.25, 0.3) is 0 Å². The molecule has 0 rings (SSSR count). The Morgan fingerprint density at radius 3 is 2.25 bits per heavy atom. The summed E-state index contributed by atoms with van der Waals surface area (Å²) in [6.07, 6.45) is 2.96. The fourth-order valence-corrected chi connectivity index (χ4v) is 1.90. The molecule has 0 fully saturated rings. The molecular formula is C15H30N2O3. The summed E-state index contributed by atoms with van der Waals surface area (Å²) in [5.74, 6) is -1.21. The van der Waals surface area contributed by atoms with Gasteiger partial charge in [0.25, 0.3) is 0 Å². The monoisotopic (exact) mass is 286 g/mol. The summed E-state index contributed by atoms with van der Waals surface area (Å²) in [5.41, 5.74) is 0. The van der Waals surface area contributed by atoms with Crippen molar-refractivity contribution in [1.82, 2.24) is 9.80 Å². The van der Waals surface area contributed by atoms with Crippen LogP contribution in [0.2, 0.25) is 0 Å². The highest BCUT2D eigenvalue weighted by molar-refractivity contribution is 5.78. The summed E-state index contributed by atoms with van der Waals surface area (Å²) in [4.78, 5) is 26.9. The van der Waals surface area contributed by atoms with Crippen molar-refractivity contribution < 1.29 is 14.7 Å². The molecule has 0 heterocycles. The molecule has 5 heteroatoms. The molecule has 118 valence electrons. The van der Waals surface area contributed by atoms with Crippen molar-refractivity contribution in [2.75, 3.05) is 26.7 Å². The smallest absolute Gasteiger partial charge is 0.307 e. The first-order valence-electron chi connectivity index (χ1n) is 7.54. The van der Waals surface area contributed by atoms with E-state index in [4.69, 9.17) is 5.11 Å². The second kappa shape index (κ2) is 9.75. The number of amides is 1. The van der Waals surface area contributed by atoms with Crippen LogP contribution in [0.4, 0.5) is 0 Å². The number of rotatable bonds is 10. The lowest BCUT2D eigenvalue weighted by Gasteiger charge is -2.31. The van der Waals surface area contributed by atoms with Gasteiger partial charge in [-0.15, -0.1) is 0 Å². The second-order valence-electron chi connectivity index (χ2n) is 5.59. The minimum atomic E-state index is -0.815. The Labute approximate surface area is 122 Å². The SMILES string of the molecule is CCCCN(C)C(=O)CN(CC(C)C(=O)O)C(C)CC. The van der Waals surface area contributed by atoms with Gasteiger partial charge in [-0.25, -0.2) is 0 Å². The predicted molar refractivity (Wildman–Crippen MR) is 80.7 cm³/mol. The molecular weight excluding hydrogens is 256 g/mol. The molecule has 20 heavy (non-hydrogen) atoms. The van der Waals surface area contributed by atoms with Gasteiger partial charge in [0.05, 0.1) is 12.5 Å². The standard InChI is InChI=1S/C15H30N2O3/c1-6-8-9-16(5)14(18)11-17(13(4)7-2)10-12(3)15(19)20/h12-13H,6-11H2,1-5H3,(H,19,20). The molecule has 5 nitrogen and oxygen atoms in total. The molecule has 0 aromatic carbocycles. The Morgan fingerprint density at radius 1 is 1.20 bits per heavy atom. The Bertz CT molecular complexity index is 307. The maximum absolute atomic E-state index is 12.2. The number of hydrogen-bond donors (Lipinski definition) is 1. The minimum absolute atomic E-state index is 0.0661. The molecule has 0 radical (unpaired) electrons. The van der Waals surface area contributed by atoms with E-state index in [0.717, 1.165) is 25.8 Å². The minimum Gasteiger partial charge on any atom is -0.481 e. The quantitative estimate of drug-likeness (QED) is 0.668. The zero-order valence-electron chi connectivity index (χ0n) is 13.6. The first-order chi connectivity index (χ1) is 9.33. The lowest BCUT2D eigenvalue weighted by Crippen LogP contribution is -2.45. The molecule has 2 atom stereocenters. The molecule has 0 aromatic rings. The topological polar surface area (TPSA) is 60.9 Å². The van der Waals surface area contributed by atoms with Gasteiger partial charge in [-0.05, 0) is 19.8 Å². The molecule has 2 unspecified atom stereocenters. The highest BCUT2D eigenvalue weighted by atomic mass is 16.4. The van der Waals surface area contributed by atoms with E-state index in [0.29, 0.717) is 13.1 Å². The van der Waals surface area contributed by atoms with Gasteiger partial charge in [0.1, 0.15) is 0 Å². The highest BCUT2D eigenvalue weighted by Crippen LogP contribution is 2.09. The number of unbranched alkanes of at least 4 members (excludes halogenated alkanes) is 1. The molecule has 0 aromatic heterocycles. The average Bonchev–Trinajstić information content (AvgIpc) is 2.42. The van der Waals surface area contributed by atoms with Gasteiger partial charge in [-0.2, -0.15) is 0 Å². The first kappa shape index (κ1) is 18.9. The van der Waals surface area contributed by atoms with Crippen molar-refractivity contribution in [2.24, 2.45) is 5.92 Å². The first-order valence-corrected chi connectivity index (χ1v) is 7.54. The van der Waals surface area contributed by atoms with Crippen LogP contribution in [0.3, 0.4) is 0 Å². The van der Waals surface area contributed by atoms with Crippen molar-refractivity contribution in [1.29, 1.82) is 0 Å². The van der Waals surface area contributed by atoms with Crippen LogP contribution in [0.15, 0.2) is 0 Å². The molecule has 0 aliphatic carbocycles. The molecule has 0 spiro atoms. The van der Waals surface area contributed by atoms with Gasteiger partial charge in [0.15, 0.2) is 0 Å². The molecule has 0 saturated heterocycles. The largest absolute Gasteiger partial charge is 0.481 e. The van der Waals surface area contributed by atoms with E-state index in [1.54, 1.807) is 11.8 Å². The van der Waals surface area contributed by atoms with Gasteiger partial charge in [0.2, 0.25) is 5.91 Å². The number of carboxylic acids is 1. The number of likely N-dealkylation sites (N-methyl/N-ethyl adjacent to an activating group) is 1. The Balaban J connectivity index is 4.56. The van der Waals surface area contributed by atoms with Crippen molar-refractivity contribution in [3.63, 3.8) is 0 Å². The van der Waals surface area contributed by atoms with E-state index in [2.05, 4.69) is 6.92 Å². The van der Waals surface area contributed by atoms with Crippen molar-refractivity contribution in [2.45, 2.75) is 53.0 Å². The van der Waals surface area contributed by atoms with Crippen LogP contribution in [-0.2, 0) is 9.59 Å². The number of hydrogen-bond acceptors (Lipinski definition) is 3. The van der Waals surface area contributed by atoms with Crippen LogP contribution in [0.1, 0.15) is 47.0 Å². The van der Waals surface area contributed by atoms with E-state index in [9.17, 15) is 9.59 Å². The van der Waals surface area contributed by atoms with Gasteiger partial charge in [0, 0.05) is 26.2 Å². The van der Waals surface area contributed by atoms with Crippen molar-refractivity contribution >= 4 is 11.9 Å².